The third-order valence-electron chi connectivity index (χ3n) is 2.55. The summed E-state index contributed by atoms with van der Waals surface area (Å²) in [5.74, 6) is 0.756. The molecule has 0 aliphatic carbocycles. The fourth-order valence-corrected chi connectivity index (χ4v) is 1.58. The van der Waals surface area contributed by atoms with E-state index < -0.39 is 0 Å². The molecule has 3 nitrogen and oxygen atoms in total. The maximum atomic E-state index is 5.72. The second-order valence-electron chi connectivity index (χ2n) is 3.70. The first-order chi connectivity index (χ1) is 5.95. The minimum absolute atomic E-state index is 0.374. The largest absolute Gasteiger partial charge is 0.379 e. The zero-order chi connectivity index (χ0) is 8.23. The molecule has 2 heterocycles. The fraction of sp³-hybridized carbons (Fsp3) is 1.00. The topological polar surface area (TPSA) is 30.5 Å². The zero-order valence-corrected chi connectivity index (χ0v) is 7.42. The molecule has 0 radical (unpaired) electrons. The lowest BCUT2D eigenvalue weighted by Crippen LogP contribution is -2.45. The monoisotopic (exact) mass is 171 g/mol. The van der Waals surface area contributed by atoms with E-state index in [1.807, 2.05) is 0 Å². The molecule has 1 atom stereocenters. The van der Waals surface area contributed by atoms with Gasteiger partial charge in [0.25, 0.3) is 0 Å². The van der Waals surface area contributed by atoms with Gasteiger partial charge >= 0.3 is 0 Å². The second kappa shape index (κ2) is 4.21. The van der Waals surface area contributed by atoms with Crippen LogP contribution in [0.15, 0.2) is 0 Å². The van der Waals surface area contributed by atoms with Crippen molar-refractivity contribution in [1.82, 2.24) is 5.32 Å². The molecule has 1 unspecified atom stereocenters. The highest BCUT2D eigenvalue weighted by molar-refractivity contribution is 4.74. The summed E-state index contributed by atoms with van der Waals surface area (Å²) in [5, 5.41) is 3.24. The number of ether oxygens (including phenoxy) is 2. The van der Waals surface area contributed by atoms with Crippen LogP contribution in [-0.2, 0) is 9.47 Å². The highest BCUT2D eigenvalue weighted by Crippen LogP contribution is 2.12. The molecule has 2 fully saturated rings. The average Bonchev–Trinajstić information content (AvgIpc) is 2.04. The van der Waals surface area contributed by atoms with E-state index >= 15 is 0 Å². The Morgan fingerprint density at radius 2 is 2.33 bits per heavy atom. The zero-order valence-electron chi connectivity index (χ0n) is 7.42. The SMILES string of the molecule is C1COCC(OCC2CNC2)C1. The molecule has 0 aromatic heterocycles. The minimum atomic E-state index is 0.374. The van der Waals surface area contributed by atoms with Crippen LogP contribution in [0.3, 0.4) is 0 Å². The van der Waals surface area contributed by atoms with Crippen LogP contribution in [0, 0.1) is 5.92 Å². The van der Waals surface area contributed by atoms with Crippen LogP contribution in [0.1, 0.15) is 12.8 Å². The Bertz CT molecular complexity index is 130. The van der Waals surface area contributed by atoms with Gasteiger partial charge in [-0.25, -0.2) is 0 Å². The summed E-state index contributed by atoms with van der Waals surface area (Å²) in [6.45, 7) is 4.91. The molecule has 0 aromatic rings. The molecule has 1 N–H and O–H groups in total. The van der Waals surface area contributed by atoms with E-state index in [2.05, 4.69) is 5.32 Å². The molecule has 70 valence electrons. The van der Waals surface area contributed by atoms with Crippen molar-refractivity contribution in [1.29, 1.82) is 0 Å². The first-order valence-corrected chi connectivity index (χ1v) is 4.85. The summed E-state index contributed by atoms with van der Waals surface area (Å²) in [7, 11) is 0. The van der Waals surface area contributed by atoms with Crippen molar-refractivity contribution in [2.45, 2.75) is 18.9 Å². The lowest BCUT2D eigenvalue weighted by Gasteiger charge is -2.30. The standard InChI is InChI=1S/C9H17NO2/c1-2-9(7-11-3-1)12-6-8-4-10-5-8/h8-10H,1-7H2. The van der Waals surface area contributed by atoms with E-state index in [1.54, 1.807) is 0 Å². The summed E-state index contributed by atoms with van der Waals surface area (Å²) in [6, 6.07) is 0. The minimum Gasteiger partial charge on any atom is -0.379 e. The Balaban J connectivity index is 1.58. The average molecular weight is 171 g/mol. The molecule has 0 spiro atoms. The van der Waals surface area contributed by atoms with Crippen LogP contribution in [0.4, 0.5) is 0 Å². The van der Waals surface area contributed by atoms with Gasteiger partial charge in [0.05, 0.1) is 19.3 Å². The molecular weight excluding hydrogens is 154 g/mol. The molecular formula is C9H17NO2. The number of hydrogen-bond acceptors (Lipinski definition) is 3. The summed E-state index contributed by atoms with van der Waals surface area (Å²) in [4.78, 5) is 0. The van der Waals surface area contributed by atoms with Crippen LogP contribution in [0.25, 0.3) is 0 Å². The molecule has 2 aliphatic rings. The Hall–Kier alpha value is -0.120. The molecule has 0 aromatic carbocycles. The van der Waals surface area contributed by atoms with Crippen LogP contribution in [0.5, 0.6) is 0 Å². The first-order valence-electron chi connectivity index (χ1n) is 4.85. The van der Waals surface area contributed by atoms with Crippen molar-refractivity contribution in [2.75, 3.05) is 32.9 Å². The summed E-state index contributed by atoms with van der Waals surface area (Å²) >= 11 is 0. The number of hydrogen-bond donors (Lipinski definition) is 1. The van der Waals surface area contributed by atoms with Crippen molar-refractivity contribution in [3.8, 4) is 0 Å². The molecule has 3 heteroatoms. The molecule has 12 heavy (non-hydrogen) atoms. The van der Waals surface area contributed by atoms with Crippen molar-refractivity contribution < 1.29 is 9.47 Å². The maximum absolute atomic E-state index is 5.72. The van der Waals surface area contributed by atoms with Gasteiger partial charge in [-0.1, -0.05) is 0 Å². The normalized spacial score (nSPS) is 31.5. The first kappa shape index (κ1) is 8.48. The molecule has 0 bridgehead atoms. The van der Waals surface area contributed by atoms with Gasteiger partial charge in [0.1, 0.15) is 0 Å². The third kappa shape index (κ3) is 2.19. The Labute approximate surface area is 73.4 Å². The molecule has 2 rings (SSSR count). The smallest absolute Gasteiger partial charge is 0.0809 e. The van der Waals surface area contributed by atoms with Gasteiger partial charge in [-0.05, 0) is 12.8 Å². The van der Waals surface area contributed by atoms with Gasteiger partial charge in [0.2, 0.25) is 0 Å². The number of rotatable bonds is 3. The molecule has 2 saturated heterocycles. The molecule has 0 amide bonds. The van der Waals surface area contributed by atoms with E-state index in [0.29, 0.717) is 6.10 Å². The second-order valence-corrected chi connectivity index (χ2v) is 3.70. The lowest BCUT2D eigenvalue weighted by molar-refractivity contribution is -0.0640. The van der Waals surface area contributed by atoms with Gasteiger partial charge in [-0.15, -0.1) is 0 Å². The van der Waals surface area contributed by atoms with Crippen LogP contribution in [0.2, 0.25) is 0 Å². The Kier molecular flexibility index (Phi) is 2.98. The van der Waals surface area contributed by atoms with Crippen molar-refractivity contribution in [3.05, 3.63) is 0 Å². The van der Waals surface area contributed by atoms with Gasteiger partial charge < -0.3 is 14.8 Å². The number of nitrogens with one attached hydrogen (secondary N) is 1. The Morgan fingerprint density at radius 3 is 2.92 bits per heavy atom. The molecule has 0 saturated carbocycles. The Morgan fingerprint density at radius 1 is 1.42 bits per heavy atom. The van der Waals surface area contributed by atoms with E-state index in [-0.39, 0.29) is 0 Å². The van der Waals surface area contributed by atoms with Gasteiger partial charge in [-0.3, -0.25) is 0 Å². The van der Waals surface area contributed by atoms with Gasteiger partial charge in [-0.2, -0.15) is 0 Å². The van der Waals surface area contributed by atoms with E-state index in [9.17, 15) is 0 Å². The highest BCUT2D eigenvalue weighted by Gasteiger charge is 2.20. The third-order valence-corrected chi connectivity index (χ3v) is 2.55. The predicted octanol–water partition coefficient (Wildman–Crippen LogP) is 0.401. The van der Waals surface area contributed by atoms with Crippen molar-refractivity contribution in [3.63, 3.8) is 0 Å². The van der Waals surface area contributed by atoms with Crippen LogP contribution in [-0.4, -0.2) is 39.0 Å². The molecule has 2 aliphatic heterocycles. The lowest BCUT2D eigenvalue weighted by atomic mass is 10.1. The van der Waals surface area contributed by atoms with Crippen molar-refractivity contribution >= 4 is 0 Å². The van der Waals surface area contributed by atoms with Gasteiger partial charge in [0, 0.05) is 25.6 Å². The summed E-state index contributed by atoms with van der Waals surface area (Å²) < 4.78 is 11.0. The summed E-state index contributed by atoms with van der Waals surface area (Å²) in [5.41, 5.74) is 0. The quantitative estimate of drug-likeness (QED) is 0.667. The van der Waals surface area contributed by atoms with E-state index in [1.165, 1.54) is 6.42 Å². The van der Waals surface area contributed by atoms with Gasteiger partial charge in [0.15, 0.2) is 0 Å². The maximum Gasteiger partial charge on any atom is 0.0809 e. The van der Waals surface area contributed by atoms with E-state index in [4.69, 9.17) is 9.47 Å². The fourth-order valence-electron chi connectivity index (χ4n) is 1.58. The van der Waals surface area contributed by atoms with E-state index in [0.717, 1.165) is 45.2 Å². The van der Waals surface area contributed by atoms with Crippen molar-refractivity contribution in [2.24, 2.45) is 5.92 Å². The summed E-state index contributed by atoms with van der Waals surface area (Å²) in [6.07, 6.45) is 2.72. The van der Waals surface area contributed by atoms with Crippen LogP contribution >= 0.6 is 0 Å². The van der Waals surface area contributed by atoms with Crippen LogP contribution < -0.4 is 5.32 Å². The highest BCUT2D eigenvalue weighted by atomic mass is 16.5. The predicted molar refractivity (Wildman–Crippen MR) is 46.2 cm³/mol.